The minimum absolute atomic E-state index is 0.0283. The van der Waals surface area contributed by atoms with Gasteiger partial charge in [0.05, 0.1) is 9.79 Å². The second-order valence-electron chi connectivity index (χ2n) is 7.81. The third-order valence-corrected chi connectivity index (χ3v) is 8.44. The third-order valence-electron chi connectivity index (χ3n) is 5.22. The number of anilines is 1. The minimum atomic E-state index is -3.78. The van der Waals surface area contributed by atoms with Crippen molar-refractivity contribution in [1.29, 1.82) is 0 Å². The van der Waals surface area contributed by atoms with Crippen LogP contribution in [0.25, 0.3) is 0 Å². The van der Waals surface area contributed by atoms with Crippen molar-refractivity contribution in [2.45, 2.75) is 68.7 Å². The molecule has 2 aromatic carbocycles. The van der Waals surface area contributed by atoms with Gasteiger partial charge in [-0.25, -0.2) is 21.6 Å². The summed E-state index contributed by atoms with van der Waals surface area (Å²) in [5.74, 6) is 0. The molecule has 0 unspecified atom stereocenters. The summed E-state index contributed by atoms with van der Waals surface area (Å²) in [4.78, 5) is 0.382. The van der Waals surface area contributed by atoms with Crippen molar-refractivity contribution in [2.75, 3.05) is 4.72 Å². The highest BCUT2D eigenvalue weighted by molar-refractivity contribution is 7.92. The van der Waals surface area contributed by atoms with E-state index in [9.17, 15) is 16.8 Å². The van der Waals surface area contributed by atoms with Crippen LogP contribution in [0.4, 0.5) is 5.69 Å². The van der Waals surface area contributed by atoms with E-state index in [2.05, 4.69) is 9.44 Å². The summed E-state index contributed by atoms with van der Waals surface area (Å²) in [6, 6.07) is 9.44. The molecule has 8 heteroatoms. The van der Waals surface area contributed by atoms with E-state index in [0.29, 0.717) is 16.8 Å². The van der Waals surface area contributed by atoms with Crippen molar-refractivity contribution >= 4 is 25.7 Å². The van der Waals surface area contributed by atoms with Gasteiger partial charge in [-0.1, -0.05) is 37.0 Å². The maximum absolute atomic E-state index is 12.9. The first-order valence-corrected chi connectivity index (χ1v) is 12.8. The van der Waals surface area contributed by atoms with Crippen LogP contribution in [0.5, 0.6) is 0 Å². The fourth-order valence-electron chi connectivity index (χ4n) is 4.01. The lowest BCUT2D eigenvalue weighted by Gasteiger charge is -2.22. The Kier molecular flexibility index (Phi) is 6.36. The van der Waals surface area contributed by atoms with Crippen LogP contribution in [0, 0.1) is 20.8 Å². The Morgan fingerprint density at radius 1 is 0.793 bits per heavy atom. The molecule has 0 aromatic heterocycles. The van der Waals surface area contributed by atoms with E-state index in [1.54, 1.807) is 13.8 Å². The lowest BCUT2D eigenvalue weighted by Crippen LogP contribution is -2.36. The number of rotatable bonds is 6. The van der Waals surface area contributed by atoms with Gasteiger partial charge in [0.1, 0.15) is 0 Å². The van der Waals surface area contributed by atoms with Gasteiger partial charge >= 0.3 is 0 Å². The predicted octanol–water partition coefficient (Wildman–Crippen LogP) is 4.02. The Labute approximate surface area is 173 Å². The average Bonchev–Trinajstić information content (AvgIpc) is 2.61. The number of aryl methyl sites for hydroxylation is 3. The molecule has 0 saturated heterocycles. The molecular formula is C21H28N2O4S2. The van der Waals surface area contributed by atoms with E-state index in [4.69, 9.17) is 0 Å². The normalized spacial score (nSPS) is 16.0. The van der Waals surface area contributed by atoms with Crippen LogP contribution in [-0.2, 0) is 20.0 Å². The van der Waals surface area contributed by atoms with Gasteiger partial charge in [-0.05, 0) is 69.0 Å². The molecule has 0 heterocycles. The van der Waals surface area contributed by atoms with Crippen molar-refractivity contribution < 1.29 is 16.8 Å². The molecule has 2 aromatic rings. The summed E-state index contributed by atoms with van der Waals surface area (Å²) in [5, 5.41) is 0. The molecule has 158 valence electrons. The zero-order chi connectivity index (χ0) is 21.2. The van der Waals surface area contributed by atoms with Gasteiger partial charge < -0.3 is 0 Å². The highest BCUT2D eigenvalue weighted by atomic mass is 32.2. The lowest BCUT2D eigenvalue weighted by molar-refractivity contribution is 0.412. The maximum Gasteiger partial charge on any atom is 0.262 e. The quantitative estimate of drug-likeness (QED) is 0.715. The average molecular weight is 437 g/mol. The summed E-state index contributed by atoms with van der Waals surface area (Å²) in [6.07, 6.45) is 4.92. The summed E-state index contributed by atoms with van der Waals surface area (Å²) in [6.45, 7) is 5.45. The first-order valence-electron chi connectivity index (χ1n) is 9.81. The van der Waals surface area contributed by atoms with E-state index in [0.717, 1.165) is 37.7 Å². The van der Waals surface area contributed by atoms with Gasteiger partial charge in [0.25, 0.3) is 10.0 Å². The molecule has 29 heavy (non-hydrogen) atoms. The second kappa shape index (κ2) is 8.45. The van der Waals surface area contributed by atoms with E-state index < -0.39 is 20.0 Å². The first kappa shape index (κ1) is 21.8. The second-order valence-corrected chi connectivity index (χ2v) is 11.1. The van der Waals surface area contributed by atoms with E-state index in [1.807, 2.05) is 19.1 Å². The number of hydrogen-bond donors (Lipinski definition) is 2. The molecule has 6 nitrogen and oxygen atoms in total. The molecule has 0 atom stereocenters. The zero-order valence-corrected chi connectivity index (χ0v) is 18.7. The molecule has 0 bridgehead atoms. The standard InChI is InChI=1S/C21H28N2O4S2/c1-15-13-16(2)21(17(3)14-15)29(26,27)23-19-9-11-20(12-10-19)28(24,25)22-18-7-5-4-6-8-18/h9-14,18,22-23H,4-8H2,1-3H3. The van der Waals surface area contributed by atoms with Crippen molar-refractivity contribution in [1.82, 2.24) is 4.72 Å². The number of nitrogens with one attached hydrogen (secondary N) is 2. The van der Waals surface area contributed by atoms with Crippen LogP contribution in [0.15, 0.2) is 46.2 Å². The maximum atomic E-state index is 12.9. The molecule has 0 amide bonds. The molecule has 0 aliphatic heterocycles. The van der Waals surface area contributed by atoms with E-state index in [1.165, 1.54) is 24.3 Å². The van der Waals surface area contributed by atoms with Crippen LogP contribution >= 0.6 is 0 Å². The fraction of sp³-hybridized carbons (Fsp3) is 0.429. The SMILES string of the molecule is Cc1cc(C)c(S(=O)(=O)Nc2ccc(S(=O)(=O)NC3CCCCC3)cc2)c(C)c1. The van der Waals surface area contributed by atoms with Gasteiger partial charge in [-0.3, -0.25) is 4.72 Å². The molecule has 0 spiro atoms. The first-order chi connectivity index (χ1) is 13.6. The Morgan fingerprint density at radius 3 is 1.90 bits per heavy atom. The van der Waals surface area contributed by atoms with E-state index >= 15 is 0 Å². The number of hydrogen-bond acceptors (Lipinski definition) is 4. The fourth-order valence-corrected chi connectivity index (χ4v) is 6.83. The molecule has 1 fully saturated rings. The molecule has 0 radical (unpaired) electrons. The molecule has 3 rings (SSSR count). The smallest absolute Gasteiger partial charge is 0.262 e. The predicted molar refractivity (Wildman–Crippen MR) is 115 cm³/mol. The lowest BCUT2D eigenvalue weighted by atomic mass is 9.96. The molecule has 1 aliphatic carbocycles. The molecule has 1 saturated carbocycles. The van der Waals surface area contributed by atoms with Gasteiger partial charge in [0, 0.05) is 11.7 Å². The number of sulfonamides is 2. The number of benzene rings is 2. The van der Waals surface area contributed by atoms with Crippen molar-refractivity contribution in [3.63, 3.8) is 0 Å². The van der Waals surface area contributed by atoms with Gasteiger partial charge in [0.15, 0.2) is 0 Å². The Hall–Kier alpha value is -1.90. The Bertz CT molecular complexity index is 1060. The minimum Gasteiger partial charge on any atom is -0.280 e. The highest BCUT2D eigenvalue weighted by Gasteiger charge is 2.23. The topological polar surface area (TPSA) is 92.3 Å². The van der Waals surface area contributed by atoms with Crippen LogP contribution in [-0.4, -0.2) is 22.9 Å². The van der Waals surface area contributed by atoms with Gasteiger partial charge in [-0.2, -0.15) is 0 Å². The van der Waals surface area contributed by atoms with Crippen LogP contribution in [0.1, 0.15) is 48.8 Å². The summed E-state index contributed by atoms with van der Waals surface area (Å²) in [7, 11) is -7.40. The summed E-state index contributed by atoms with van der Waals surface area (Å²) < 4.78 is 56.2. The zero-order valence-electron chi connectivity index (χ0n) is 17.0. The van der Waals surface area contributed by atoms with Crippen LogP contribution in [0.2, 0.25) is 0 Å². The van der Waals surface area contributed by atoms with Crippen LogP contribution in [0.3, 0.4) is 0 Å². The van der Waals surface area contributed by atoms with Crippen molar-refractivity contribution in [3.05, 3.63) is 53.1 Å². The summed E-state index contributed by atoms with van der Waals surface area (Å²) >= 11 is 0. The Balaban J connectivity index is 1.78. The highest BCUT2D eigenvalue weighted by Crippen LogP contribution is 2.25. The third kappa shape index (κ3) is 5.18. The van der Waals surface area contributed by atoms with Gasteiger partial charge in [-0.15, -0.1) is 0 Å². The monoisotopic (exact) mass is 436 g/mol. The van der Waals surface area contributed by atoms with Gasteiger partial charge in [0.2, 0.25) is 10.0 Å². The van der Waals surface area contributed by atoms with Crippen molar-refractivity contribution in [2.24, 2.45) is 0 Å². The van der Waals surface area contributed by atoms with Crippen LogP contribution < -0.4 is 9.44 Å². The van der Waals surface area contributed by atoms with Crippen molar-refractivity contribution in [3.8, 4) is 0 Å². The molecular weight excluding hydrogens is 408 g/mol. The molecule has 2 N–H and O–H groups in total. The Morgan fingerprint density at radius 2 is 1.34 bits per heavy atom. The largest absolute Gasteiger partial charge is 0.280 e. The van der Waals surface area contributed by atoms with E-state index in [-0.39, 0.29) is 15.8 Å². The summed E-state index contributed by atoms with van der Waals surface area (Å²) in [5.41, 5.74) is 2.66. The molecule has 1 aliphatic rings.